The molecule has 0 aliphatic carbocycles. The van der Waals surface area contributed by atoms with Gasteiger partial charge < -0.3 is 5.73 Å². The summed E-state index contributed by atoms with van der Waals surface area (Å²) in [5.41, 5.74) is 8.59. The van der Waals surface area contributed by atoms with E-state index in [1.807, 2.05) is 30.5 Å². The van der Waals surface area contributed by atoms with E-state index >= 15 is 0 Å². The van der Waals surface area contributed by atoms with Crippen molar-refractivity contribution in [3.8, 4) is 0 Å². The molecule has 1 aromatic carbocycles. The average Bonchev–Trinajstić information content (AvgIpc) is 2.40. The largest absolute Gasteiger partial charge is 0.327 e. The molecule has 2 aromatic rings. The smallest absolute Gasteiger partial charge is 0.0419 e. The molecule has 0 bridgehead atoms. The second-order valence-electron chi connectivity index (χ2n) is 4.39. The Morgan fingerprint density at radius 1 is 1.06 bits per heavy atom. The predicted octanol–water partition coefficient (Wildman–Crippen LogP) is 2.76. The van der Waals surface area contributed by atoms with Crippen molar-refractivity contribution in [2.75, 3.05) is 0 Å². The molecule has 0 aliphatic rings. The highest BCUT2D eigenvalue weighted by Gasteiger charge is 2.15. The van der Waals surface area contributed by atoms with Gasteiger partial charge in [-0.25, -0.2) is 0 Å². The lowest BCUT2D eigenvalue weighted by Gasteiger charge is -2.19. The molecule has 88 valence electrons. The highest BCUT2D eigenvalue weighted by Crippen LogP contribution is 2.19. The number of pyridine rings is 1. The Morgan fingerprint density at radius 2 is 1.76 bits per heavy atom. The lowest BCUT2D eigenvalue weighted by molar-refractivity contribution is 0.558. The van der Waals surface area contributed by atoms with Crippen LogP contribution in [0.5, 0.6) is 0 Å². The molecule has 1 aromatic heterocycles. The lowest BCUT2D eigenvalue weighted by Crippen LogP contribution is -2.29. The maximum absolute atomic E-state index is 6.24. The molecule has 0 aliphatic heterocycles. The van der Waals surface area contributed by atoms with Gasteiger partial charge in [0, 0.05) is 24.4 Å². The van der Waals surface area contributed by atoms with Crippen LogP contribution in [0, 0.1) is 0 Å². The number of aromatic nitrogens is 1. The normalized spacial score (nSPS) is 14.2. The molecule has 17 heavy (non-hydrogen) atoms. The van der Waals surface area contributed by atoms with Crippen LogP contribution in [-0.4, -0.2) is 11.0 Å². The van der Waals surface area contributed by atoms with Gasteiger partial charge in [-0.3, -0.25) is 4.98 Å². The molecule has 0 spiro atoms. The Morgan fingerprint density at radius 3 is 2.41 bits per heavy atom. The van der Waals surface area contributed by atoms with Crippen LogP contribution < -0.4 is 5.73 Å². The second-order valence-corrected chi connectivity index (χ2v) is 4.39. The molecular formula is C15H18N2. The quantitative estimate of drug-likeness (QED) is 0.870. The molecule has 2 heteroatoms. The van der Waals surface area contributed by atoms with Crippen molar-refractivity contribution in [2.24, 2.45) is 5.73 Å². The molecule has 1 heterocycles. The third-order valence-electron chi connectivity index (χ3n) is 3.14. The number of rotatable bonds is 4. The van der Waals surface area contributed by atoms with Gasteiger partial charge in [-0.2, -0.15) is 0 Å². The fourth-order valence-corrected chi connectivity index (χ4v) is 1.94. The van der Waals surface area contributed by atoms with Gasteiger partial charge >= 0.3 is 0 Å². The average molecular weight is 226 g/mol. The number of nitrogens with two attached hydrogens (primary N) is 1. The fourth-order valence-electron chi connectivity index (χ4n) is 1.94. The van der Waals surface area contributed by atoms with E-state index in [9.17, 15) is 0 Å². The third kappa shape index (κ3) is 3.14. The van der Waals surface area contributed by atoms with Crippen molar-refractivity contribution >= 4 is 0 Å². The summed E-state index contributed by atoms with van der Waals surface area (Å²) < 4.78 is 0. The van der Waals surface area contributed by atoms with E-state index in [2.05, 4.69) is 36.2 Å². The third-order valence-corrected chi connectivity index (χ3v) is 3.14. The molecule has 2 unspecified atom stereocenters. The molecule has 2 atom stereocenters. The van der Waals surface area contributed by atoms with Gasteiger partial charge in [0.15, 0.2) is 0 Å². The van der Waals surface area contributed by atoms with E-state index in [-0.39, 0.29) is 6.04 Å². The van der Waals surface area contributed by atoms with Crippen LogP contribution in [0.1, 0.15) is 24.1 Å². The first-order chi connectivity index (χ1) is 8.27. The molecule has 2 rings (SSSR count). The maximum Gasteiger partial charge on any atom is 0.0419 e. The van der Waals surface area contributed by atoms with Crippen molar-refractivity contribution in [3.63, 3.8) is 0 Å². The van der Waals surface area contributed by atoms with Crippen LogP contribution in [0.4, 0.5) is 0 Å². The summed E-state index contributed by atoms with van der Waals surface area (Å²) in [7, 11) is 0. The predicted molar refractivity (Wildman–Crippen MR) is 70.8 cm³/mol. The Labute approximate surface area is 103 Å². The molecular weight excluding hydrogens is 208 g/mol. The highest BCUT2D eigenvalue weighted by atomic mass is 14.7. The summed E-state index contributed by atoms with van der Waals surface area (Å²) in [6.45, 7) is 2.17. The van der Waals surface area contributed by atoms with Gasteiger partial charge in [0.25, 0.3) is 0 Å². The van der Waals surface area contributed by atoms with Crippen LogP contribution >= 0.6 is 0 Å². The van der Waals surface area contributed by atoms with Crippen LogP contribution in [-0.2, 0) is 6.42 Å². The summed E-state index contributed by atoms with van der Waals surface area (Å²) in [5, 5.41) is 0. The van der Waals surface area contributed by atoms with Crippen molar-refractivity contribution in [3.05, 3.63) is 66.0 Å². The Hall–Kier alpha value is -1.67. The molecule has 0 radical (unpaired) electrons. The molecule has 0 saturated heterocycles. The fraction of sp³-hybridized carbons (Fsp3) is 0.267. The molecule has 2 nitrogen and oxygen atoms in total. The zero-order valence-corrected chi connectivity index (χ0v) is 10.1. The summed E-state index contributed by atoms with van der Waals surface area (Å²) >= 11 is 0. The summed E-state index contributed by atoms with van der Waals surface area (Å²) in [6, 6.07) is 16.5. The van der Waals surface area contributed by atoms with Crippen molar-refractivity contribution < 1.29 is 0 Å². The van der Waals surface area contributed by atoms with Crippen LogP contribution in [0.25, 0.3) is 0 Å². The standard InChI is InChI=1S/C15H18N2/c1-12(13-7-3-2-4-8-13)15(16)11-14-9-5-6-10-17-14/h2-10,12,15H,11,16H2,1H3. The Balaban J connectivity index is 2.03. The first-order valence-electron chi connectivity index (χ1n) is 5.98. The zero-order chi connectivity index (χ0) is 12.1. The maximum atomic E-state index is 6.24. The van der Waals surface area contributed by atoms with E-state index in [0.29, 0.717) is 5.92 Å². The number of hydrogen-bond donors (Lipinski definition) is 1. The van der Waals surface area contributed by atoms with E-state index in [1.54, 1.807) is 0 Å². The van der Waals surface area contributed by atoms with Crippen LogP contribution in [0.3, 0.4) is 0 Å². The monoisotopic (exact) mass is 226 g/mol. The highest BCUT2D eigenvalue weighted by molar-refractivity contribution is 5.21. The molecule has 0 saturated carbocycles. The SMILES string of the molecule is CC(c1ccccc1)C(N)Cc1ccccn1. The van der Waals surface area contributed by atoms with E-state index in [4.69, 9.17) is 5.73 Å². The zero-order valence-electron chi connectivity index (χ0n) is 10.1. The summed E-state index contributed by atoms with van der Waals surface area (Å²) in [6.07, 6.45) is 2.63. The van der Waals surface area contributed by atoms with Gasteiger partial charge in [0.2, 0.25) is 0 Å². The molecule has 0 amide bonds. The lowest BCUT2D eigenvalue weighted by atomic mass is 9.91. The second kappa shape index (κ2) is 5.60. The van der Waals surface area contributed by atoms with Crippen molar-refractivity contribution in [2.45, 2.75) is 25.3 Å². The van der Waals surface area contributed by atoms with Gasteiger partial charge in [0.1, 0.15) is 0 Å². The van der Waals surface area contributed by atoms with E-state index < -0.39 is 0 Å². The Bertz CT molecular complexity index is 439. The minimum absolute atomic E-state index is 0.104. The summed E-state index contributed by atoms with van der Waals surface area (Å²) in [4.78, 5) is 4.31. The van der Waals surface area contributed by atoms with Gasteiger partial charge in [0.05, 0.1) is 0 Å². The number of hydrogen-bond acceptors (Lipinski definition) is 2. The topological polar surface area (TPSA) is 38.9 Å². The van der Waals surface area contributed by atoms with Crippen LogP contribution in [0.2, 0.25) is 0 Å². The van der Waals surface area contributed by atoms with E-state index in [1.165, 1.54) is 5.56 Å². The van der Waals surface area contributed by atoms with Gasteiger partial charge in [-0.05, 0) is 23.6 Å². The van der Waals surface area contributed by atoms with Crippen LogP contribution in [0.15, 0.2) is 54.7 Å². The molecule has 0 fully saturated rings. The minimum atomic E-state index is 0.104. The first-order valence-corrected chi connectivity index (χ1v) is 5.98. The Kier molecular flexibility index (Phi) is 3.89. The molecule has 2 N–H and O–H groups in total. The summed E-state index contributed by atoms with van der Waals surface area (Å²) in [5.74, 6) is 0.346. The number of nitrogens with zero attached hydrogens (tertiary/aromatic N) is 1. The van der Waals surface area contributed by atoms with Gasteiger partial charge in [-0.1, -0.05) is 43.3 Å². The van der Waals surface area contributed by atoms with Gasteiger partial charge in [-0.15, -0.1) is 0 Å². The first kappa shape index (κ1) is 11.8. The van der Waals surface area contributed by atoms with E-state index in [0.717, 1.165) is 12.1 Å². The number of benzene rings is 1. The van der Waals surface area contributed by atoms with Crippen molar-refractivity contribution in [1.82, 2.24) is 4.98 Å². The van der Waals surface area contributed by atoms with Crippen molar-refractivity contribution in [1.29, 1.82) is 0 Å². The minimum Gasteiger partial charge on any atom is -0.327 e.